The summed E-state index contributed by atoms with van der Waals surface area (Å²) < 4.78 is 0. The van der Waals surface area contributed by atoms with Gasteiger partial charge in [-0.15, -0.1) is 0 Å². The molecule has 0 unspecified atom stereocenters. The van der Waals surface area contributed by atoms with Crippen LogP contribution in [0.2, 0.25) is 0 Å². The van der Waals surface area contributed by atoms with Crippen LogP contribution in [0.25, 0.3) is 11.1 Å². The molecule has 0 aliphatic heterocycles. The highest BCUT2D eigenvalue weighted by Gasteiger charge is 2.44. The van der Waals surface area contributed by atoms with Crippen LogP contribution >= 0.6 is 0 Å². The average molecular weight is 284 g/mol. The van der Waals surface area contributed by atoms with E-state index in [0.29, 0.717) is 0 Å². The molecule has 0 fully saturated rings. The maximum Gasteiger partial charge on any atom is 0.177 e. The van der Waals surface area contributed by atoms with E-state index in [1.807, 2.05) is 61.5 Å². The first-order chi connectivity index (χ1) is 10.7. The van der Waals surface area contributed by atoms with E-state index in [4.69, 9.17) is 0 Å². The fraction of sp³-hybridized carbons (Fsp3) is 0.0952. The summed E-state index contributed by atoms with van der Waals surface area (Å²) in [5, 5.41) is 0. The van der Waals surface area contributed by atoms with Crippen LogP contribution in [0, 0.1) is 0 Å². The van der Waals surface area contributed by atoms with Gasteiger partial charge in [0.2, 0.25) is 0 Å². The van der Waals surface area contributed by atoms with Crippen LogP contribution < -0.4 is 0 Å². The maximum atomic E-state index is 13.3. The number of ketones is 1. The van der Waals surface area contributed by atoms with Crippen molar-refractivity contribution < 1.29 is 4.79 Å². The van der Waals surface area contributed by atoms with Gasteiger partial charge in [0.15, 0.2) is 5.78 Å². The third-order valence-corrected chi connectivity index (χ3v) is 4.71. The predicted octanol–water partition coefficient (Wildman–Crippen LogP) is 4.86. The van der Waals surface area contributed by atoms with Gasteiger partial charge in [0, 0.05) is 5.56 Å². The van der Waals surface area contributed by atoms with Gasteiger partial charge in [-0.2, -0.15) is 0 Å². The van der Waals surface area contributed by atoms with Crippen LogP contribution in [0.1, 0.15) is 28.4 Å². The normalized spacial score (nSPS) is 14.2. The summed E-state index contributed by atoms with van der Waals surface area (Å²) in [6.07, 6.45) is 0. The first kappa shape index (κ1) is 13.0. The zero-order valence-corrected chi connectivity index (χ0v) is 12.4. The molecule has 0 spiro atoms. The Kier molecular flexibility index (Phi) is 2.77. The van der Waals surface area contributed by atoms with Crippen molar-refractivity contribution in [1.82, 2.24) is 0 Å². The first-order valence-electron chi connectivity index (χ1n) is 7.52. The molecule has 0 saturated heterocycles. The molecular formula is C21H16O. The second-order valence-corrected chi connectivity index (χ2v) is 5.91. The number of rotatable bonds is 2. The van der Waals surface area contributed by atoms with Crippen molar-refractivity contribution in [1.29, 1.82) is 0 Å². The summed E-state index contributed by atoms with van der Waals surface area (Å²) in [4.78, 5) is 13.3. The number of Topliss-reactive ketones (excluding diaryl/α,β-unsaturated/α-hetero) is 1. The fourth-order valence-corrected chi connectivity index (χ4v) is 3.58. The summed E-state index contributed by atoms with van der Waals surface area (Å²) in [5.41, 5.74) is 4.69. The highest BCUT2D eigenvalue weighted by atomic mass is 16.1. The van der Waals surface area contributed by atoms with Crippen LogP contribution in [0.3, 0.4) is 0 Å². The number of carbonyl (C=O) groups is 1. The first-order valence-corrected chi connectivity index (χ1v) is 7.52. The third-order valence-electron chi connectivity index (χ3n) is 4.71. The van der Waals surface area contributed by atoms with Crippen LogP contribution in [0.5, 0.6) is 0 Å². The molecule has 0 heterocycles. The van der Waals surface area contributed by atoms with Crippen molar-refractivity contribution in [3.63, 3.8) is 0 Å². The molecular weight excluding hydrogens is 268 g/mol. The van der Waals surface area contributed by atoms with Crippen LogP contribution in [0.4, 0.5) is 0 Å². The van der Waals surface area contributed by atoms with E-state index in [1.165, 1.54) is 11.1 Å². The largest absolute Gasteiger partial charge is 0.293 e. The summed E-state index contributed by atoms with van der Waals surface area (Å²) in [7, 11) is 0. The van der Waals surface area contributed by atoms with Gasteiger partial charge in [0.05, 0.1) is 5.41 Å². The Morgan fingerprint density at radius 1 is 0.682 bits per heavy atom. The molecule has 0 amide bonds. The summed E-state index contributed by atoms with van der Waals surface area (Å²) in [5.74, 6) is 0.158. The average Bonchev–Trinajstić information content (AvgIpc) is 2.86. The van der Waals surface area contributed by atoms with Gasteiger partial charge in [-0.3, -0.25) is 4.79 Å². The predicted molar refractivity (Wildman–Crippen MR) is 89.1 cm³/mol. The smallest absolute Gasteiger partial charge is 0.177 e. The Labute approximate surface area is 130 Å². The number of hydrogen-bond acceptors (Lipinski definition) is 1. The van der Waals surface area contributed by atoms with Gasteiger partial charge in [-0.1, -0.05) is 78.9 Å². The molecule has 1 nitrogen and oxygen atoms in total. The van der Waals surface area contributed by atoms with Gasteiger partial charge < -0.3 is 0 Å². The summed E-state index contributed by atoms with van der Waals surface area (Å²) in [6.45, 7) is 2.05. The second-order valence-electron chi connectivity index (χ2n) is 5.91. The number of hydrogen-bond donors (Lipinski definition) is 0. The molecule has 0 saturated carbocycles. The molecule has 4 rings (SSSR count). The molecule has 106 valence electrons. The number of benzene rings is 3. The van der Waals surface area contributed by atoms with E-state index >= 15 is 0 Å². The topological polar surface area (TPSA) is 17.1 Å². The molecule has 0 N–H and O–H groups in total. The van der Waals surface area contributed by atoms with Crippen molar-refractivity contribution in [2.45, 2.75) is 12.3 Å². The highest BCUT2D eigenvalue weighted by Crippen LogP contribution is 2.49. The van der Waals surface area contributed by atoms with Gasteiger partial charge in [0.25, 0.3) is 0 Å². The molecule has 0 atom stereocenters. The van der Waals surface area contributed by atoms with Crippen molar-refractivity contribution in [2.24, 2.45) is 0 Å². The third kappa shape index (κ3) is 1.62. The molecule has 0 radical (unpaired) electrons. The molecule has 3 aromatic rings. The summed E-state index contributed by atoms with van der Waals surface area (Å²) in [6, 6.07) is 26.1. The van der Waals surface area contributed by atoms with E-state index < -0.39 is 5.41 Å². The van der Waals surface area contributed by atoms with Gasteiger partial charge in [-0.05, 0) is 29.2 Å². The zero-order valence-electron chi connectivity index (χ0n) is 12.4. The standard InChI is InChI=1S/C21H16O/c1-21(20(22)15-9-3-2-4-10-15)18-13-7-5-11-16(18)17-12-6-8-14-19(17)21/h2-14H,1H3. The Balaban J connectivity index is 2.00. The molecule has 3 aromatic carbocycles. The van der Waals surface area contributed by atoms with Gasteiger partial charge >= 0.3 is 0 Å². The monoisotopic (exact) mass is 284 g/mol. The Bertz CT molecular complexity index is 816. The molecule has 1 heteroatoms. The quantitative estimate of drug-likeness (QED) is 0.614. The van der Waals surface area contributed by atoms with E-state index in [0.717, 1.165) is 16.7 Å². The highest BCUT2D eigenvalue weighted by molar-refractivity contribution is 6.10. The minimum Gasteiger partial charge on any atom is -0.293 e. The molecule has 1 aliphatic carbocycles. The number of carbonyl (C=O) groups excluding carboxylic acids is 1. The SMILES string of the molecule is CC1(C(=O)c2ccccc2)c2ccccc2-c2ccccc21. The second kappa shape index (κ2) is 4.67. The lowest BCUT2D eigenvalue weighted by Gasteiger charge is -2.26. The van der Waals surface area contributed by atoms with Crippen molar-refractivity contribution in [2.75, 3.05) is 0 Å². The minimum absolute atomic E-state index is 0.158. The zero-order chi connectivity index (χ0) is 15.2. The molecule has 0 aromatic heterocycles. The minimum atomic E-state index is -0.617. The molecule has 0 bridgehead atoms. The van der Waals surface area contributed by atoms with Crippen molar-refractivity contribution >= 4 is 5.78 Å². The van der Waals surface area contributed by atoms with Crippen molar-refractivity contribution in [3.8, 4) is 11.1 Å². The molecule has 22 heavy (non-hydrogen) atoms. The van der Waals surface area contributed by atoms with E-state index in [1.54, 1.807) is 0 Å². The fourth-order valence-electron chi connectivity index (χ4n) is 3.58. The lowest BCUT2D eigenvalue weighted by atomic mass is 9.74. The maximum absolute atomic E-state index is 13.3. The van der Waals surface area contributed by atoms with Crippen LogP contribution in [0.15, 0.2) is 78.9 Å². The van der Waals surface area contributed by atoms with E-state index in [2.05, 4.69) is 24.3 Å². The molecule has 1 aliphatic rings. The lowest BCUT2D eigenvalue weighted by molar-refractivity contribution is 0.0925. The Morgan fingerprint density at radius 3 is 1.68 bits per heavy atom. The number of fused-ring (bicyclic) bond motifs is 3. The van der Waals surface area contributed by atoms with Crippen molar-refractivity contribution in [3.05, 3.63) is 95.6 Å². The van der Waals surface area contributed by atoms with Gasteiger partial charge in [-0.25, -0.2) is 0 Å². The van der Waals surface area contributed by atoms with E-state index in [-0.39, 0.29) is 5.78 Å². The van der Waals surface area contributed by atoms with Crippen LogP contribution in [-0.2, 0) is 5.41 Å². The summed E-state index contributed by atoms with van der Waals surface area (Å²) >= 11 is 0. The Morgan fingerprint density at radius 2 is 1.14 bits per heavy atom. The van der Waals surface area contributed by atoms with Crippen LogP contribution in [-0.4, -0.2) is 5.78 Å². The van der Waals surface area contributed by atoms with E-state index in [9.17, 15) is 4.79 Å². The lowest BCUT2D eigenvalue weighted by Crippen LogP contribution is -2.31. The Hall–Kier alpha value is -2.67. The van der Waals surface area contributed by atoms with Gasteiger partial charge in [0.1, 0.15) is 0 Å².